The normalized spacial score (nSPS) is 26.2. The van der Waals surface area contributed by atoms with Crippen molar-refractivity contribution in [2.24, 2.45) is 7.05 Å². The molecule has 0 radical (unpaired) electrons. The second kappa shape index (κ2) is 6.88. The molecule has 1 spiro atoms. The number of para-hydroxylation sites is 1. The van der Waals surface area contributed by atoms with Gasteiger partial charge in [-0.2, -0.15) is 0 Å². The summed E-state index contributed by atoms with van der Waals surface area (Å²) in [5.74, 6) is 0.938. The van der Waals surface area contributed by atoms with Gasteiger partial charge in [0.05, 0.1) is 0 Å². The van der Waals surface area contributed by atoms with Crippen LogP contribution in [-0.2, 0) is 12.6 Å². The van der Waals surface area contributed by atoms with Gasteiger partial charge in [0.15, 0.2) is 0 Å². The Morgan fingerprint density at radius 1 is 1.19 bits per heavy atom. The molecule has 1 fully saturated rings. The second-order valence-corrected chi connectivity index (χ2v) is 17.8. The van der Waals surface area contributed by atoms with Crippen molar-refractivity contribution < 1.29 is 4.74 Å². The zero-order valence-electron chi connectivity index (χ0n) is 18.4. The van der Waals surface area contributed by atoms with Crippen molar-refractivity contribution in [3.8, 4) is 17.0 Å². The van der Waals surface area contributed by atoms with Crippen LogP contribution in [0.3, 0.4) is 0 Å². The molecular weight excluding hydrogens is 511 g/mol. The molecule has 0 amide bonds. The number of aromatic nitrogens is 3. The molecule has 0 atom stereocenters. The van der Waals surface area contributed by atoms with Gasteiger partial charge >= 0.3 is 192 Å². The quantitative estimate of drug-likeness (QED) is 0.194. The molecule has 6 rings (SSSR count). The van der Waals surface area contributed by atoms with Gasteiger partial charge in [0.2, 0.25) is 0 Å². The van der Waals surface area contributed by atoms with E-state index in [4.69, 9.17) is 14.7 Å². The third-order valence-corrected chi connectivity index (χ3v) is 15.1. The van der Waals surface area contributed by atoms with Crippen LogP contribution in [0, 0.1) is 12.3 Å². The molecule has 2 N–H and O–H groups in total. The third kappa shape index (κ3) is 2.85. The Bertz CT molecular complexity index is 1430. The number of nitrogens with one attached hydrogen (secondary N) is 2. The van der Waals surface area contributed by atoms with Crippen LogP contribution in [0.15, 0.2) is 54.7 Å². The van der Waals surface area contributed by atoms with Gasteiger partial charge in [-0.15, -0.1) is 0 Å². The summed E-state index contributed by atoms with van der Waals surface area (Å²) in [5.41, 5.74) is 6.39. The Kier molecular flexibility index (Phi) is 4.28. The fourth-order valence-electron chi connectivity index (χ4n) is 5.14. The number of benzene rings is 2. The number of aryl methyl sites for hydroxylation is 2. The molecule has 0 aliphatic carbocycles. The first-order chi connectivity index (χ1) is 15.4. The average molecular weight is 538 g/mol. The van der Waals surface area contributed by atoms with E-state index in [-0.39, 0.29) is 5.60 Å². The molecule has 2 aliphatic rings. The first kappa shape index (κ1) is 19.9. The van der Waals surface area contributed by atoms with Crippen LogP contribution in [0.2, 0.25) is 0 Å². The Labute approximate surface area is 191 Å². The van der Waals surface area contributed by atoms with E-state index in [1.165, 1.54) is 16.5 Å². The summed E-state index contributed by atoms with van der Waals surface area (Å²) in [6, 6.07) is 16.8. The van der Waals surface area contributed by atoms with Crippen LogP contribution in [0.1, 0.15) is 29.7 Å². The van der Waals surface area contributed by atoms with Gasteiger partial charge in [-0.3, -0.25) is 0 Å². The number of nitrogens with zero attached hydrogens (tertiary/aromatic N) is 2. The van der Waals surface area contributed by atoms with Gasteiger partial charge in [-0.05, 0) is 0 Å². The predicted molar refractivity (Wildman–Crippen MR) is 141 cm³/mol. The SMILES string of the molecule is C=I1(C(=N)c2cc3cc(C)ccc3[nH]2)CCC2(CC1)Oc1ccccc1-c1c2cnn1C. The molecule has 4 heterocycles. The van der Waals surface area contributed by atoms with Gasteiger partial charge in [-0.25, -0.2) is 0 Å². The average Bonchev–Trinajstić information content (AvgIpc) is 3.39. The molecule has 1 saturated heterocycles. The summed E-state index contributed by atoms with van der Waals surface area (Å²) < 4.78 is 16.1. The van der Waals surface area contributed by atoms with Crippen LogP contribution >= 0.6 is 18.0 Å². The zero-order chi connectivity index (χ0) is 22.1. The summed E-state index contributed by atoms with van der Waals surface area (Å²) in [4.78, 5) is 3.48. The van der Waals surface area contributed by atoms with E-state index in [0.717, 1.165) is 53.6 Å². The number of hydrogen-bond acceptors (Lipinski definition) is 3. The summed E-state index contributed by atoms with van der Waals surface area (Å²) >= 11 is -2.69. The van der Waals surface area contributed by atoms with Crippen molar-refractivity contribution in [3.63, 3.8) is 0 Å². The topological polar surface area (TPSA) is 66.7 Å². The predicted octanol–water partition coefficient (Wildman–Crippen LogP) is 5.76. The molecule has 5 nitrogen and oxygen atoms in total. The van der Waals surface area contributed by atoms with Crippen LogP contribution in [0.25, 0.3) is 22.2 Å². The molecule has 4 aromatic rings. The molecule has 32 heavy (non-hydrogen) atoms. The zero-order valence-corrected chi connectivity index (χ0v) is 20.6. The number of aromatic amines is 1. The molecule has 164 valence electrons. The van der Waals surface area contributed by atoms with Crippen molar-refractivity contribution >= 4 is 37.1 Å². The van der Waals surface area contributed by atoms with Gasteiger partial charge in [0, 0.05) is 0 Å². The third-order valence-electron chi connectivity index (χ3n) is 7.01. The number of rotatable bonds is 2. The summed E-state index contributed by atoms with van der Waals surface area (Å²) in [7, 11) is 2.01. The number of ether oxygens (including phenoxy) is 1. The van der Waals surface area contributed by atoms with Gasteiger partial charge in [0.25, 0.3) is 0 Å². The Morgan fingerprint density at radius 3 is 2.78 bits per heavy atom. The fraction of sp³-hybridized carbons (Fsp3) is 0.269. The first-order valence-electron chi connectivity index (χ1n) is 10.9. The van der Waals surface area contributed by atoms with E-state index in [9.17, 15) is 0 Å². The van der Waals surface area contributed by atoms with Crippen molar-refractivity contribution in [1.29, 1.82) is 5.41 Å². The van der Waals surface area contributed by atoms with Crippen LogP contribution in [0.4, 0.5) is 0 Å². The van der Waals surface area contributed by atoms with Crippen molar-refractivity contribution in [3.05, 3.63) is 71.5 Å². The number of alkyl halides is 2. The number of fused-ring (bicyclic) bond motifs is 5. The molecular formula is C26H27IN4O. The van der Waals surface area contributed by atoms with E-state index >= 15 is 0 Å². The monoisotopic (exact) mass is 538 g/mol. The first-order valence-corrected chi connectivity index (χ1v) is 16.6. The summed E-state index contributed by atoms with van der Waals surface area (Å²) in [6.07, 6.45) is 3.77. The minimum atomic E-state index is -2.69. The molecule has 0 bridgehead atoms. The van der Waals surface area contributed by atoms with Crippen LogP contribution in [-0.4, -0.2) is 31.9 Å². The van der Waals surface area contributed by atoms with E-state index in [2.05, 4.69) is 59.5 Å². The van der Waals surface area contributed by atoms with Crippen molar-refractivity contribution in [2.75, 3.05) is 8.86 Å². The van der Waals surface area contributed by atoms with E-state index in [0.29, 0.717) is 0 Å². The Hall–Kier alpha value is -2.74. The van der Waals surface area contributed by atoms with Gasteiger partial charge in [0.1, 0.15) is 0 Å². The van der Waals surface area contributed by atoms with Crippen LogP contribution in [0.5, 0.6) is 5.75 Å². The molecule has 0 saturated carbocycles. The Balaban J connectivity index is 1.33. The number of hydrogen-bond donors (Lipinski definition) is 2. The number of halogens is 1. The van der Waals surface area contributed by atoms with Crippen LogP contribution < -0.4 is 4.74 Å². The molecule has 2 aromatic carbocycles. The standard InChI is InChI=1S/C26H27IN4O/c1-17-8-9-21-18(14-17)15-22(30-21)25(28)27(2)12-10-26(11-13-27)20-16-29-31(3)24(20)19-6-4-5-7-23(19)32-26/h4-9,14-16,28,30H,2,10-13H2,1,3H3. The molecule has 2 aromatic heterocycles. The molecule has 0 unspecified atom stereocenters. The van der Waals surface area contributed by atoms with Crippen molar-refractivity contribution in [2.45, 2.75) is 25.4 Å². The van der Waals surface area contributed by atoms with E-state index < -0.39 is 18.0 Å². The fourth-order valence-corrected chi connectivity index (χ4v) is 12.1. The number of H-pyrrole nitrogens is 1. The maximum absolute atomic E-state index is 9.10. The molecule has 6 heteroatoms. The van der Waals surface area contributed by atoms with Crippen molar-refractivity contribution in [1.82, 2.24) is 14.8 Å². The summed E-state index contributed by atoms with van der Waals surface area (Å²) in [5, 5.41) is 14.9. The van der Waals surface area contributed by atoms with E-state index in [1.54, 1.807) is 0 Å². The minimum absolute atomic E-state index is 0.361. The molecule has 2 aliphatic heterocycles. The summed E-state index contributed by atoms with van der Waals surface area (Å²) in [6.45, 7) is 2.10. The van der Waals surface area contributed by atoms with Gasteiger partial charge < -0.3 is 0 Å². The Morgan fingerprint density at radius 2 is 1.97 bits per heavy atom. The second-order valence-electron chi connectivity index (χ2n) is 9.06. The van der Waals surface area contributed by atoms with E-state index in [1.807, 2.05) is 24.0 Å². The maximum atomic E-state index is 9.10. The van der Waals surface area contributed by atoms with Gasteiger partial charge in [-0.1, -0.05) is 0 Å².